The second-order valence-corrected chi connectivity index (χ2v) is 6.67. The van der Waals surface area contributed by atoms with Gasteiger partial charge in [-0.1, -0.05) is 18.3 Å². The first kappa shape index (κ1) is 17.1. The van der Waals surface area contributed by atoms with Gasteiger partial charge in [0.05, 0.1) is 0 Å². The molecule has 1 aromatic carbocycles. The summed E-state index contributed by atoms with van der Waals surface area (Å²) in [6.45, 7) is 1.79. The highest BCUT2D eigenvalue weighted by Gasteiger charge is 2.22. The molecule has 0 N–H and O–H groups in total. The van der Waals surface area contributed by atoms with E-state index in [1.165, 1.54) is 0 Å². The Morgan fingerprint density at radius 1 is 1.21 bits per heavy atom. The molecule has 0 saturated heterocycles. The largest absolute Gasteiger partial charge is 0.486 e. The average molecular weight is 346 g/mol. The van der Waals surface area contributed by atoms with Crippen molar-refractivity contribution >= 4 is 28.4 Å². The van der Waals surface area contributed by atoms with Crippen LogP contribution in [0.5, 0.6) is 11.5 Å². The topological polar surface area (TPSA) is 44.8 Å². The van der Waals surface area contributed by atoms with Crippen LogP contribution in [0.4, 0.5) is 0 Å². The molecule has 4 nitrogen and oxygen atoms in total. The van der Waals surface area contributed by atoms with Gasteiger partial charge in [0.1, 0.15) is 13.2 Å². The van der Waals surface area contributed by atoms with Crippen LogP contribution in [0.2, 0.25) is 0 Å². The molecule has 0 amide bonds. The van der Waals surface area contributed by atoms with E-state index >= 15 is 0 Å². The van der Waals surface area contributed by atoms with Crippen LogP contribution in [0.25, 0.3) is 5.57 Å². The van der Waals surface area contributed by atoms with Crippen molar-refractivity contribution in [1.82, 2.24) is 0 Å². The van der Waals surface area contributed by atoms with Gasteiger partial charge in [-0.05, 0) is 59.4 Å². The highest BCUT2D eigenvalue weighted by Crippen LogP contribution is 2.36. The average Bonchev–Trinajstić information content (AvgIpc) is 2.60. The first-order valence-corrected chi connectivity index (χ1v) is 8.73. The molecule has 0 spiro atoms. The van der Waals surface area contributed by atoms with Gasteiger partial charge < -0.3 is 14.2 Å². The SMILES string of the molecule is COCCC1C/C(c2ccc3c(c2)OCCO3)=C\C(=O)CCC1=S. The molecule has 1 aromatic rings. The Kier molecular flexibility index (Phi) is 5.63. The summed E-state index contributed by atoms with van der Waals surface area (Å²) in [6.07, 6.45) is 4.58. The van der Waals surface area contributed by atoms with Crippen molar-refractivity contribution in [3.63, 3.8) is 0 Å². The molecule has 0 saturated carbocycles. The zero-order valence-corrected chi connectivity index (χ0v) is 14.7. The number of hydrogen-bond acceptors (Lipinski definition) is 5. The minimum Gasteiger partial charge on any atom is -0.486 e. The number of carbonyl (C=O) groups excluding carboxylic acids is 1. The van der Waals surface area contributed by atoms with E-state index < -0.39 is 0 Å². The van der Waals surface area contributed by atoms with E-state index in [0.29, 0.717) is 32.7 Å². The van der Waals surface area contributed by atoms with Gasteiger partial charge in [-0.15, -0.1) is 0 Å². The van der Waals surface area contributed by atoms with E-state index in [-0.39, 0.29) is 11.7 Å². The van der Waals surface area contributed by atoms with Crippen LogP contribution in [0.1, 0.15) is 31.2 Å². The molecule has 0 bridgehead atoms. The van der Waals surface area contributed by atoms with Gasteiger partial charge in [-0.2, -0.15) is 0 Å². The zero-order valence-electron chi connectivity index (χ0n) is 13.9. The third-order valence-corrected chi connectivity index (χ3v) is 5.00. The Morgan fingerprint density at radius 2 is 2.00 bits per heavy atom. The number of carbonyl (C=O) groups is 1. The first-order valence-electron chi connectivity index (χ1n) is 8.32. The summed E-state index contributed by atoms with van der Waals surface area (Å²) >= 11 is 5.56. The molecule has 24 heavy (non-hydrogen) atoms. The Balaban J connectivity index is 1.89. The van der Waals surface area contributed by atoms with Gasteiger partial charge >= 0.3 is 0 Å². The van der Waals surface area contributed by atoms with Crippen LogP contribution in [0.3, 0.4) is 0 Å². The predicted molar refractivity (Wildman–Crippen MR) is 96.8 cm³/mol. The highest BCUT2D eigenvalue weighted by atomic mass is 32.1. The van der Waals surface area contributed by atoms with Gasteiger partial charge in [-0.25, -0.2) is 0 Å². The summed E-state index contributed by atoms with van der Waals surface area (Å²) in [5.74, 6) is 1.89. The summed E-state index contributed by atoms with van der Waals surface area (Å²) in [5, 5.41) is 0. The van der Waals surface area contributed by atoms with Crippen LogP contribution >= 0.6 is 12.2 Å². The molecule has 1 heterocycles. The second kappa shape index (κ2) is 7.90. The number of methoxy groups -OCH3 is 1. The molecule has 0 radical (unpaired) electrons. The molecule has 1 unspecified atom stereocenters. The normalized spacial score (nSPS) is 23.2. The lowest BCUT2D eigenvalue weighted by Gasteiger charge is -2.23. The second-order valence-electron chi connectivity index (χ2n) is 6.14. The highest BCUT2D eigenvalue weighted by molar-refractivity contribution is 7.80. The summed E-state index contributed by atoms with van der Waals surface area (Å²) < 4.78 is 16.5. The minimum absolute atomic E-state index is 0.132. The van der Waals surface area contributed by atoms with Crippen molar-refractivity contribution in [3.8, 4) is 11.5 Å². The van der Waals surface area contributed by atoms with Crippen molar-refractivity contribution in [2.45, 2.75) is 25.7 Å². The van der Waals surface area contributed by atoms with E-state index in [1.807, 2.05) is 18.2 Å². The lowest BCUT2D eigenvalue weighted by atomic mass is 9.85. The van der Waals surface area contributed by atoms with Gasteiger partial charge in [0.15, 0.2) is 17.3 Å². The lowest BCUT2D eigenvalue weighted by molar-refractivity contribution is -0.114. The van der Waals surface area contributed by atoms with E-state index in [0.717, 1.165) is 40.3 Å². The molecule has 1 atom stereocenters. The van der Waals surface area contributed by atoms with Crippen LogP contribution in [0.15, 0.2) is 24.3 Å². The number of allylic oxidation sites excluding steroid dienone is 2. The smallest absolute Gasteiger partial charge is 0.161 e. The van der Waals surface area contributed by atoms with Crippen molar-refractivity contribution in [2.75, 3.05) is 26.9 Å². The monoisotopic (exact) mass is 346 g/mol. The van der Waals surface area contributed by atoms with Gasteiger partial charge in [-0.3, -0.25) is 4.79 Å². The van der Waals surface area contributed by atoms with Crippen LogP contribution in [-0.4, -0.2) is 37.6 Å². The molecule has 1 aliphatic carbocycles. The fourth-order valence-corrected chi connectivity index (χ4v) is 3.43. The zero-order chi connectivity index (χ0) is 16.9. The number of ether oxygens (including phenoxy) is 3. The summed E-state index contributed by atoms with van der Waals surface area (Å²) in [4.78, 5) is 13.1. The van der Waals surface area contributed by atoms with E-state index in [1.54, 1.807) is 13.2 Å². The molecule has 3 rings (SSSR count). The van der Waals surface area contributed by atoms with Crippen molar-refractivity contribution < 1.29 is 19.0 Å². The van der Waals surface area contributed by atoms with Crippen LogP contribution in [0, 0.1) is 5.92 Å². The Morgan fingerprint density at radius 3 is 2.79 bits per heavy atom. The Bertz CT molecular complexity index is 665. The molecular formula is C19H22O4S. The minimum atomic E-state index is 0.132. The van der Waals surface area contributed by atoms with E-state index in [4.69, 9.17) is 26.4 Å². The van der Waals surface area contributed by atoms with E-state index in [2.05, 4.69) is 0 Å². The maximum absolute atomic E-state index is 12.2. The van der Waals surface area contributed by atoms with Crippen LogP contribution in [-0.2, 0) is 9.53 Å². The number of benzene rings is 1. The number of hydrogen-bond donors (Lipinski definition) is 0. The van der Waals surface area contributed by atoms with E-state index in [9.17, 15) is 4.79 Å². The van der Waals surface area contributed by atoms with Crippen molar-refractivity contribution in [2.24, 2.45) is 5.92 Å². The molecule has 5 heteroatoms. The third kappa shape index (κ3) is 4.02. The standard InChI is InChI=1S/C19H22O4S/c1-21-7-6-14-10-15(11-16(20)3-5-19(14)24)13-2-4-17-18(12-13)23-9-8-22-17/h2,4,11-12,14H,3,5-10H2,1H3/b15-11+. The number of ketones is 1. The van der Waals surface area contributed by atoms with Crippen molar-refractivity contribution in [3.05, 3.63) is 29.8 Å². The molecule has 1 aliphatic heterocycles. The van der Waals surface area contributed by atoms with Gasteiger partial charge in [0.2, 0.25) is 0 Å². The fraction of sp³-hybridized carbons (Fsp3) is 0.474. The van der Waals surface area contributed by atoms with Gasteiger partial charge in [0.25, 0.3) is 0 Å². The Labute approximate surface area is 147 Å². The fourth-order valence-electron chi connectivity index (χ4n) is 3.12. The predicted octanol–water partition coefficient (Wildman–Crippen LogP) is 3.62. The molecule has 2 aliphatic rings. The van der Waals surface area contributed by atoms with Gasteiger partial charge in [0, 0.05) is 20.1 Å². The number of thiocarbonyl (C=S) groups is 1. The first-order chi connectivity index (χ1) is 11.7. The Hall–Kier alpha value is -1.72. The quantitative estimate of drug-likeness (QED) is 0.779. The number of fused-ring (bicyclic) bond motifs is 1. The van der Waals surface area contributed by atoms with Crippen molar-refractivity contribution in [1.29, 1.82) is 0 Å². The summed E-state index contributed by atoms with van der Waals surface area (Å²) in [7, 11) is 1.70. The molecule has 0 aromatic heterocycles. The summed E-state index contributed by atoms with van der Waals surface area (Å²) in [6, 6.07) is 5.87. The maximum atomic E-state index is 12.2. The molecule has 0 fully saturated rings. The summed E-state index contributed by atoms with van der Waals surface area (Å²) in [5.41, 5.74) is 2.01. The third-order valence-electron chi connectivity index (χ3n) is 4.46. The molecule has 128 valence electrons. The molecular weight excluding hydrogens is 324 g/mol. The lowest BCUT2D eigenvalue weighted by Crippen LogP contribution is -2.19. The number of rotatable bonds is 4. The van der Waals surface area contributed by atoms with Crippen LogP contribution < -0.4 is 9.47 Å². The maximum Gasteiger partial charge on any atom is 0.161 e.